The average Bonchev–Trinajstić information content (AvgIpc) is 3.09. The number of nitrogens with zero attached hydrogens (tertiary/aromatic N) is 1. The Bertz CT molecular complexity index is 609. The van der Waals surface area contributed by atoms with Crippen molar-refractivity contribution in [3.63, 3.8) is 0 Å². The first-order chi connectivity index (χ1) is 11.0. The topological polar surface area (TPSA) is 66.8 Å². The van der Waals surface area contributed by atoms with Gasteiger partial charge in [-0.15, -0.1) is 0 Å². The molecule has 3 rings (SSSR count). The lowest BCUT2D eigenvalue weighted by atomic mass is 9.82. The Morgan fingerprint density at radius 2 is 2.22 bits per heavy atom. The van der Waals surface area contributed by atoms with Gasteiger partial charge < -0.3 is 14.7 Å². The van der Waals surface area contributed by atoms with Gasteiger partial charge in [0, 0.05) is 31.2 Å². The van der Waals surface area contributed by atoms with Crippen molar-refractivity contribution in [2.24, 2.45) is 5.41 Å². The molecule has 2 heterocycles. The summed E-state index contributed by atoms with van der Waals surface area (Å²) in [5.41, 5.74) is 0.931. The molecule has 23 heavy (non-hydrogen) atoms. The molecule has 0 saturated carbocycles. The van der Waals surface area contributed by atoms with Crippen molar-refractivity contribution in [2.75, 3.05) is 26.3 Å². The molecule has 0 aliphatic carbocycles. The SMILES string of the molecule is CC1(C(=O)O)CCCN(C(=O)c2cccc(C3CCOC3)c2)C1. The Kier molecular flexibility index (Phi) is 4.39. The minimum atomic E-state index is -0.842. The maximum atomic E-state index is 12.8. The van der Waals surface area contributed by atoms with Gasteiger partial charge in [-0.25, -0.2) is 0 Å². The number of carboxylic acids is 1. The molecule has 1 N–H and O–H groups in total. The first-order valence-corrected chi connectivity index (χ1v) is 8.20. The zero-order valence-corrected chi connectivity index (χ0v) is 13.5. The predicted molar refractivity (Wildman–Crippen MR) is 85.5 cm³/mol. The third kappa shape index (κ3) is 3.24. The van der Waals surface area contributed by atoms with Gasteiger partial charge in [0.1, 0.15) is 0 Å². The van der Waals surface area contributed by atoms with Crippen molar-refractivity contribution < 1.29 is 19.4 Å². The van der Waals surface area contributed by atoms with E-state index in [4.69, 9.17) is 4.74 Å². The van der Waals surface area contributed by atoms with Crippen LogP contribution in [0.25, 0.3) is 0 Å². The summed E-state index contributed by atoms with van der Waals surface area (Å²) in [6, 6.07) is 7.69. The number of benzene rings is 1. The van der Waals surface area contributed by atoms with E-state index in [2.05, 4.69) is 0 Å². The van der Waals surface area contributed by atoms with Crippen LogP contribution in [-0.4, -0.2) is 48.2 Å². The summed E-state index contributed by atoms with van der Waals surface area (Å²) in [5.74, 6) is -0.543. The van der Waals surface area contributed by atoms with Crippen molar-refractivity contribution in [3.05, 3.63) is 35.4 Å². The third-order valence-electron chi connectivity index (χ3n) is 5.03. The first kappa shape index (κ1) is 16.0. The summed E-state index contributed by atoms with van der Waals surface area (Å²) < 4.78 is 5.42. The molecule has 1 aromatic rings. The van der Waals surface area contributed by atoms with E-state index in [9.17, 15) is 14.7 Å². The van der Waals surface area contributed by atoms with E-state index in [1.165, 1.54) is 0 Å². The summed E-state index contributed by atoms with van der Waals surface area (Å²) in [4.78, 5) is 25.9. The molecule has 124 valence electrons. The number of hydrogen-bond acceptors (Lipinski definition) is 3. The monoisotopic (exact) mass is 317 g/mol. The molecule has 0 aromatic heterocycles. The molecule has 0 radical (unpaired) electrons. The second-order valence-electron chi connectivity index (χ2n) is 6.88. The van der Waals surface area contributed by atoms with Gasteiger partial charge in [-0.1, -0.05) is 12.1 Å². The first-order valence-electron chi connectivity index (χ1n) is 8.20. The van der Waals surface area contributed by atoms with Crippen LogP contribution in [0.1, 0.15) is 48.0 Å². The number of amides is 1. The van der Waals surface area contributed by atoms with Gasteiger partial charge in [0.2, 0.25) is 0 Å². The summed E-state index contributed by atoms with van der Waals surface area (Å²) in [7, 11) is 0. The fourth-order valence-corrected chi connectivity index (χ4v) is 3.49. The number of hydrogen-bond donors (Lipinski definition) is 1. The predicted octanol–water partition coefficient (Wildman–Crippen LogP) is 2.52. The summed E-state index contributed by atoms with van der Waals surface area (Å²) in [6.45, 7) is 4.10. The molecule has 2 unspecified atom stereocenters. The van der Waals surface area contributed by atoms with Gasteiger partial charge in [0.05, 0.1) is 12.0 Å². The number of carbonyl (C=O) groups is 2. The zero-order chi connectivity index (χ0) is 16.4. The maximum Gasteiger partial charge on any atom is 0.311 e. The van der Waals surface area contributed by atoms with Crippen LogP contribution in [0.4, 0.5) is 0 Å². The molecule has 2 fully saturated rings. The van der Waals surface area contributed by atoms with Crippen molar-refractivity contribution in [2.45, 2.75) is 32.1 Å². The van der Waals surface area contributed by atoms with E-state index < -0.39 is 11.4 Å². The number of aliphatic carboxylic acids is 1. The number of likely N-dealkylation sites (tertiary alicyclic amines) is 1. The number of carbonyl (C=O) groups excluding carboxylic acids is 1. The van der Waals surface area contributed by atoms with E-state index in [0.717, 1.165) is 25.0 Å². The van der Waals surface area contributed by atoms with Crippen LogP contribution in [0.5, 0.6) is 0 Å². The lowest BCUT2D eigenvalue weighted by Gasteiger charge is -2.37. The van der Waals surface area contributed by atoms with E-state index in [1.54, 1.807) is 11.8 Å². The molecule has 1 aromatic carbocycles. The molecule has 0 spiro atoms. The highest BCUT2D eigenvalue weighted by molar-refractivity contribution is 5.95. The minimum Gasteiger partial charge on any atom is -0.481 e. The standard InChI is InChI=1S/C18H23NO4/c1-18(17(21)22)7-3-8-19(12-18)16(20)14-5-2-4-13(10-14)15-6-9-23-11-15/h2,4-5,10,15H,3,6-9,11-12H2,1H3,(H,21,22). The molecule has 2 aliphatic heterocycles. The fourth-order valence-electron chi connectivity index (χ4n) is 3.49. The number of ether oxygens (including phenoxy) is 1. The quantitative estimate of drug-likeness (QED) is 0.930. The van der Waals surface area contributed by atoms with Gasteiger partial charge in [-0.2, -0.15) is 0 Å². The van der Waals surface area contributed by atoms with Crippen LogP contribution >= 0.6 is 0 Å². The second-order valence-corrected chi connectivity index (χ2v) is 6.88. The Morgan fingerprint density at radius 1 is 1.39 bits per heavy atom. The number of piperidine rings is 1. The molecule has 2 atom stereocenters. The van der Waals surface area contributed by atoms with Crippen LogP contribution < -0.4 is 0 Å². The highest BCUT2D eigenvalue weighted by atomic mass is 16.5. The van der Waals surface area contributed by atoms with Crippen molar-refractivity contribution in [1.29, 1.82) is 0 Å². The van der Waals surface area contributed by atoms with E-state index in [1.807, 2.05) is 24.3 Å². The van der Waals surface area contributed by atoms with Crippen molar-refractivity contribution >= 4 is 11.9 Å². The van der Waals surface area contributed by atoms with Crippen LogP contribution in [0.3, 0.4) is 0 Å². The van der Waals surface area contributed by atoms with Crippen LogP contribution in [0.15, 0.2) is 24.3 Å². The van der Waals surface area contributed by atoms with Crippen LogP contribution in [0, 0.1) is 5.41 Å². The number of carboxylic acid groups (broad SMARTS) is 1. The highest BCUT2D eigenvalue weighted by Gasteiger charge is 2.39. The molecular weight excluding hydrogens is 294 g/mol. The Morgan fingerprint density at radius 3 is 2.91 bits per heavy atom. The van der Waals surface area contributed by atoms with Crippen LogP contribution in [0.2, 0.25) is 0 Å². The van der Waals surface area contributed by atoms with Gasteiger partial charge in [0.25, 0.3) is 5.91 Å². The molecule has 0 bridgehead atoms. The molecule has 2 saturated heterocycles. The fraction of sp³-hybridized carbons (Fsp3) is 0.556. The molecule has 1 amide bonds. The smallest absolute Gasteiger partial charge is 0.311 e. The van der Waals surface area contributed by atoms with Crippen LogP contribution in [-0.2, 0) is 9.53 Å². The Hall–Kier alpha value is -1.88. The van der Waals surface area contributed by atoms with Gasteiger partial charge >= 0.3 is 5.97 Å². The summed E-state index contributed by atoms with van der Waals surface area (Å²) in [6.07, 6.45) is 2.33. The zero-order valence-electron chi connectivity index (χ0n) is 13.5. The summed E-state index contributed by atoms with van der Waals surface area (Å²) in [5, 5.41) is 9.40. The van der Waals surface area contributed by atoms with E-state index in [-0.39, 0.29) is 12.5 Å². The second kappa shape index (κ2) is 6.32. The van der Waals surface area contributed by atoms with E-state index >= 15 is 0 Å². The molecular formula is C18H23NO4. The highest BCUT2D eigenvalue weighted by Crippen LogP contribution is 2.31. The number of rotatable bonds is 3. The van der Waals surface area contributed by atoms with Crippen molar-refractivity contribution in [3.8, 4) is 0 Å². The van der Waals surface area contributed by atoms with Gasteiger partial charge in [0.15, 0.2) is 0 Å². The Balaban J connectivity index is 1.77. The maximum absolute atomic E-state index is 12.8. The molecule has 5 heteroatoms. The lowest BCUT2D eigenvalue weighted by molar-refractivity contribution is -0.150. The van der Waals surface area contributed by atoms with Crippen molar-refractivity contribution in [1.82, 2.24) is 4.90 Å². The normalized spacial score (nSPS) is 27.9. The lowest BCUT2D eigenvalue weighted by Crippen LogP contribution is -2.48. The Labute approximate surface area is 136 Å². The molecule has 2 aliphatic rings. The third-order valence-corrected chi connectivity index (χ3v) is 5.03. The average molecular weight is 317 g/mol. The molecule has 5 nitrogen and oxygen atoms in total. The largest absolute Gasteiger partial charge is 0.481 e. The van der Waals surface area contributed by atoms with E-state index in [0.29, 0.717) is 31.1 Å². The van der Waals surface area contributed by atoms with Gasteiger partial charge in [-0.05, 0) is 43.9 Å². The minimum absolute atomic E-state index is 0.0714. The summed E-state index contributed by atoms with van der Waals surface area (Å²) >= 11 is 0. The van der Waals surface area contributed by atoms with Gasteiger partial charge in [-0.3, -0.25) is 9.59 Å².